The molecule has 0 aliphatic carbocycles. The van der Waals surface area contributed by atoms with Crippen LogP contribution in [0.3, 0.4) is 0 Å². The van der Waals surface area contributed by atoms with Crippen LogP contribution in [0.15, 0.2) is 24.3 Å². The third-order valence-corrected chi connectivity index (χ3v) is 4.15. The van der Waals surface area contributed by atoms with Crippen LogP contribution < -0.4 is 10.2 Å². The first-order valence-corrected chi connectivity index (χ1v) is 7.77. The first-order chi connectivity index (χ1) is 10.3. The van der Waals surface area contributed by atoms with E-state index in [9.17, 15) is 4.79 Å². The van der Waals surface area contributed by atoms with Gasteiger partial charge in [-0.25, -0.2) is 0 Å². The van der Waals surface area contributed by atoms with Gasteiger partial charge in [-0.3, -0.25) is 4.79 Å². The second kappa shape index (κ2) is 6.80. The lowest BCUT2D eigenvalue weighted by Gasteiger charge is -2.29. The minimum absolute atomic E-state index is 0.199. The van der Waals surface area contributed by atoms with Crippen molar-refractivity contribution in [3.8, 4) is 0 Å². The van der Waals surface area contributed by atoms with Crippen LogP contribution in [-0.2, 0) is 9.53 Å². The molecule has 2 heterocycles. The molecule has 1 aromatic carbocycles. The van der Waals surface area contributed by atoms with Gasteiger partial charge in [-0.2, -0.15) is 0 Å². The highest BCUT2D eigenvalue weighted by atomic mass is 16.5. The normalized spacial score (nSPS) is 18.9. The first-order valence-electron chi connectivity index (χ1n) is 7.77. The van der Waals surface area contributed by atoms with Crippen molar-refractivity contribution in [3.05, 3.63) is 24.3 Å². The summed E-state index contributed by atoms with van der Waals surface area (Å²) in [5.41, 5.74) is 2.22. The van der Waals surface area contributed by atoms with Crippen molar-refractivity contribution in [2.24, 2.45) is 0 Å². The number of nitrogens with one attached hydrogen (secondary N) is 1. The standard InChI is InChI=1S/C16H23N3O2/c20-16(19-7-1-2-8-19)13-17-14-3-5-15(6-4-14)18-9-11-21-12-10-18/h3-6,17H,1-2,7-13H2. The molecule has 2 aliphatic heterocycles. The van der Waals surface area contributed by atoms with Gasteiger partial charge in [0.15, 0.2) is 0 Å². The number of hydrogen-bond donors (Lipinski definition) is 1. The number of carbonyl (C=O) groups excluding carboxylic acids is 1. The molecule has 2 fully saturated rings. The van der Waals surface area contributed by atoms with E-state index in [-0.39, 0.29) is 5.91 Å². The smallest absolute Gasteiger partial charge is 0.241 e. The van der Waals surface area contributed by atoms with Gasteiger partial charge in [0.2, 0.25) is 5.91 Å². The molecule has 0 aromatic heterocycles. The molecular formula is C16H23N3O2. The zero-order valence-electron chi connectivity index (χ0n) is 12.4. The molecule has 0 bridgehead atoms. The molecule has 0 unspecified atom stereocenters. The molecule has 114 valence electrons. The predicted octanol–water partition coefficient (Wildman–Crippen LogP) is 1.56. The lowest BCUT2D eigenvalue weighted by atomic mass is 10.2. The molecule has 5 heteroatoms. The summed E-state index contributed by atoms with van der Waals surface area (Å²) in [6.07, 6.45) is 2.28. The van der Waals surface area contributed by atoms with Gasteiger partial charge in [0.1, 0.15) is 0 Å². The van der Waals surface area contributed by atoms with Gasteiger partial charge in [0.25, 0.3) is 0 Å². The maximum Gasteiger partial charge on any atom is 0.241 e. The van der Waals surface area contributed by atoms with E-state index in [0.29, 0.717) is 6.54 Å². The first kappa shape index (κ1) is 14.2. The minimum Gasteiger partial charge on any atom is -0.378 e. The summed E-state index contributed by atoms with van der Waals surface area (Å²) in [4.78, 5) is 16.2. The Balaban J connectivity index is 1.50. The van der Waals surface area contributed by atoms with Crippen molar-refractivity contribution in [2.45, 2.75) is 12.8 Å². The van der Waals surface area contributed by atoms with Crippen LogP contribution in [0, 0.1) is 0 Å². The molecule has 2 aliphatic rings. The van der Waals surface area contributed by atoms with Crippen LogP contribution in [0.5, 0.6) is 0 Å². The molecule has 1 aromatic rings. The SMILES string of the molecule is O=C(CNc1ccc(N2CCOCC2)cc1)N1CCCC1. The third-order valence-electron chi connectivity index (χ3n) is 4.15. The van der Waals surface area contributed by atoms with Gasteiger partial charge in [0.05, 0.1) is 19.8 Å². The van der Waals surface area contributed by atoms with Gasteiger partial charge in [0, 0.05) is 37.6 Å². The number of ether oxygens (including phenoxy) is 1. The zero-order valence-corrected chi connectivity index (χ0v) is 12.4. The third kappa shape index (κ3) is 3.67. The van der Waals surface area contributed by atoms with E-state index in [1.54, 1.807) is 0 Å². The Morgan fingerprint density at radius 2 is 1.71 bits per heavy atom. The summed E-state index contributed by atoms with van der Waals surface area (Å²) in [6.45, 7) is 5.69. The predicted molar refractivity (Wildman–Crippen MR) is 83.8 cm³/mol. The summed E-state index contributed by atoms with van der Waals surface area (Å²) in [5, 5.41) is 3.22. The maximum absolute atomic E-state index is 12.0. The number of likely N-dealkylation sites (tertiary alicyclic amines) is 1. The van der Waals surface area contributed by atoms with Crippen molar-refractivity contribution in [3.63, 3.8) is 0 Å². The molecular weight excluding hydrogens is 266 g/mol. The monoisotopic (exact) mass is 289 g/mol. The number of benzene rings is 1. The highest BCUT2D eigenvalue weighted by Crippen LogP contribution is 2.19. The van der Waals surface area contributed by atoms with E-state index >= 15 is 0 Å². The van der Waals surface area contributed by atoms with Crippen LogP contribution in [0.25, 0.3) is 0 Å². The van der Waals surface area contributed by atoms with Gasteiger partial charge < -0.3 is 19.9 Å². The van der Waals surface area contributed by atoms with Gasteiger partial charge in [-0.15, -0.1) is 0 Å². The maximum atomic E-state index is 12.0. The summed E-state index contributed by atoms with van der Waals surface area (Å²) in [5.74, 6) is 0.199. The summed E-state index contributed by atoms with van der Waals surface area (Å²) < 4.78 is 5.36. The minimum atomic E-state index is 0.199. The number of amides is 1. The molecule has 0 radical (unpaired) electrons. The molecule has 3 rings (SSSR count). The van der Waals surface area contributed by atoms with Crippen molar-refractivity contribution in [2.75, 3.05) is 56.2 Å². The fourth-order valence-electron chi connectivity index (χ4n) is 2.87. The van der Waals surface area contributed by atoms with E-state index in [4.69, 9.17) is 4.74 Å². The second-order valence-corrected chi connectivity index (χ2v) is 5.59. The quantitative estimate of drug-likeness (QED) is 0.913. The van der Waals surface area contributed by atoms with Gasteiger partial charge >= 0.3 is 0 Å². The fourth-order valence-corrected chi connectivity index (χ4v) is 2.87. The highest BCUT2D eigenvalue weighted by molar-refractivity contribution is 5.81. The van der Waals surface area contributed by atoms with E-state index in [0.717, 1.165) is 57.9 Å². The van der Waals surface area contributed by atoms with Crippen LogP contribution in [0.4, 0.5) is 11.4 Å². The largest absolute Gasteiger partial charge is 0.378 e. The Morgan fingerprint density at radius 3 is 2.38 bits per heavy atom. The number of anilines is 2. The van der Waals surface area contributed by atoms with Crippen molar-refractivity contribution >= 4 is 17.3 Å². The van der Waals surface area contributed by atoms with Crippen LogP contribution in [-0.4, -0.2) is 56.7 Å². The number of morpholine rings is 1. The van der Waals surface area contributed by atoms with Crippen LogP contribution in [0.1, 0.15) is 12.8 Å². The Hall–Kier alpha value is -1.75. The molecule has 1 amide bonds. The average Bonchev–Trinajstić information content (AvgIpc) is 3.08. The fraction of sp³-hybridized carbons (Fsp3) is 0.562. The van der Waals surface area contributed by atoms with E-state index < -0.39 is 0 Å². The number of nitrogens with zero attached hydrogens (tertiary/aromatic N) is 2. The number of hydrogen-bond acceptors (Lipinski definition) is 4. The van der Waals surface area contributed by atoms with Gasteiger partial charge in [-0.05, 0) is 37.1 Å². The molecule has 5 nitrogen and oxygen atoms in total. The molecule has 2 saturated heterocycles. The molecule has 21 heavy (non-hydrogen) atoms. The molecule has 0 spiro atoms. The van der Waals surface area contributed by atoms with E-state index in [1.807, 2.05) is 17.0 Å². The average molecular weight is 289 g/mol. The lowest BCUT2D eigenvalue weighted by Crippen LogP contribution is -2.36. The molecule has 1 N–H and O–H groups in total. The molecule has 0 saturated carbocycles. The zero-order chi connectivity index (χ0) is 14.5. The molecule has 0 atom stereocenters. The van der Waals surface area contributed by atoms with Crippen LogP contribution >= 0.6 is 0 Å². The number of carbonyl (C=O) groups is 1. The summed E-state index contributed by atoms with van der Waals surface area (Å²) >= 11 is 0. The second-order valence-electron chi connectivity index (χ2n) is 5.59. The van der Waals surface area contributed by atoms with E-state index in [1.165, 1.54) is 5.69 Å². The Kier molecular flexibility index (Phi) is 4.60. The van der Waals surface area contributed by atoms with Crippen LogP contribution in [0.2, 0.25) is 0 Å². The van der Waals surface area contributed by atoms with E-state index in [2.05, 4.69) is 22.3 Å². The van der Waals surface area contributed by atoms with Crippen molar-refractivity contribution < 1.29 is 9.53 Å². The Labute approximate surface area is 125 Å². The lowest BCUT2D eigenvalue weighted by molar-refractivity contribution is -0.128. The highest BCUT2D eigenvalue weighted by Gasteiger charge is 2.17. The topological polar surface area (TPSA) is 44.8 Å². The number of rotatable bonds is 4. The Bertz CT molecular complexity index is 463. The van der Waals surface area contributed by atoms with Crippen molar-refractivity contribution in [1.29, 1.82) is 0 Å². The summed E-state index contributed by atoms with van der Waals surface area (Å²) in [7, 11) is 0. The van der Waals surface area contributed by atoms with Crippen molar-refractivity contribution in [1.82, 2.24) is 4.90 Å². The summed E-state index contributed by atoms with van der Waals surface area (Å²) in [6, 6.07) is 8.30. The van der Waals surface area contributed by atoms with Gasteiger partial charge in [-0.1, -0.05) is 0 Å². The Morgan fingerprint density at radius 1 is 1.05 bits per heavy atom.